The zero-order valence-electron chi connectivity index (χ0n) is 10.3. The number of halogens is 3. The normalized spacial score (nSPS) is 11.4. The molecular formula is C13H10BrF2NO2S. The van der Waals surface area contributed by atoms with Crippen LogP contribution in [-0.4, -0.2) is 8.42 Å². The lowest BCUT2D eigenvalue weighted by molar-refractivity contribution is 0.579. The maximum Gasteiger partial charge on any atom is 0.262 e. The lowest BCUT2D eigenvalue weighted by Gasteiger charge is -2.11. The number of hydrogen-bond acceptors (Lipinski definition) is 2. The van der Waals surface area contributed by atoms with E-state index in [2.05, 4.69) is 20.7 Å². The number of nitrogens with one attached hydrogen (secondary N) is 1. The van der Waals surface area contributed by atoms with E-state index in [0.29, 0.717) is 11.6 Å². The Balaban J connectivity index is 2.44. The molecule has 0 spiro atoms. The Kier molecular flexibility index (Phi) is 4.10. The molecule has 0 saturated carbocycles. The predicted molar refractivity (Wildman–Crippen MR) is 76.0 cm³/mol. The zero-order chi connectivity index (χ0) is 14.9. The second-order valence-electron chi connectivity index (χ2n) is 4.12. The minimum atomic E-state index is -3.93. The smallest absolute Gasteiger partial charge is 0.262 e. The van der Waals surface area contributed by atoms with E-state index in [1.54, 1.807) is 25.1 Å². The lowest BCUT2D eigenvalue weighted by Crippen LogP contribution is -2.15. The number of sulfonamides is 1. The second kappa shape index (κ2) is 5.49. The van der Waals surface area contributed by atoms with E-state index in [0.717, 1.165) is 6.07 Å². The molecule has 0 saturated heterocycles. The van der Waals surface area contributed by atoms with Crippen LogP contribution in [0.15, 0.2) is 45.8 Å². The highest BCUT2D eigenvalue weighted by Crippen LogP contribution is 2.26. The van der Waals surface area contributed by atoms with Crippen molar-refractivity contribution < 1.29 is 17.2 Å². The molecule has 3 nitrogen and oxygen atoms in total. The van der Waals surface area contributed by atoms with Gasteiger partial charge in [0, 0.05) is 6.07 Å². The van der Waals surface area contributed by atoms with Crippen LogP contribution in [0.25, 0.3) is 0 Å². The molecule has 2 rings (SSSR count). The Bertz CT molecular complexity index is 763. The fourth-order valence-electron chi connectivity index (χ4n) is 1.66. The molecule has 0 aliphatic heterocycles. The van der Waals surface area contributed by atoms with Crippen LogP contribution in [0, 0.1) is 18.6 Å². The maximum absolute atomic E-state index is 13.6. The van der Waals surface area contributed by atoms with Gasteiger partial charge in [0.05, 0.1) is 15.1 Å². The molecule has 0 aliphatic carbocycles. The number of benzene rings is 2. The van der Waals surface area contributed by atoms with E-state index in [1.807, 2.05) is 0 Å². The van der Waals surface area contributed by atoms with Gasteiger partial charge in [-0.1, -0.05) is 18.2 Å². The summed E-state index contributed by atoms with van der Waals surface area (Å²) in [7, 11) is -3.93. The number of aryl methyl sites for hydroxylation is 1. The van der Waals surface area contributed by atoms with Gasteiger partial charge in [0.15, 0.2) is 0 Å². The quantitative estimate of drug-likeness (QED) is 0.844. The molecule has 0 amide bonds. The summed E-state index contributed by atoms with van der Waals surface area (Å²) in [6.45, 7) is 1.63. The number of anilines is 1. The molecule has 7 heteroatoms. The van der Waals surface area contributed by atoms with Crippen molar-refractivity contribution in [3.63, 3.8) is 0 Å². The Hall–Kier alpha value is -1.47. The largest absolute Gasteiger partial charge is 0.277 e. The van der Waals surface area contributed by atoms with Crippen molar-refractivity contribution in [2.45, 2.75) is 11.8 Å². The van der Waals surface area contributed by atoms with Crippen molar-refractivity contribution in [2.75, 3.05) is 4.72 Å². The van der Waals surface area contributed by atoms with E-state index in [1.165, 1.54) is 6.07 Å². The van der Waals surface area contributed by atoms with Crippen LogP contribution in [0.1, 0.15) is 5.56 Å². The van der Waals surface area contributed by atoms with Crippen LogP contribution in [0.2, 0.25) is 0 Å². The van der Waals surface area contributed by atoms with E-state index in [9.17, 15) is 17.2 Å². The first-order valence-corrected chi connectivity index (χ1v) is 7.82. The highest BCUT2D eigenvalue weighted by molar-refractivity contribution is 9.10. The Morgan fingerprint density at radius 2 is 1.75 bits per heavy atom. The number of rotatable bonds is 3. The molecule has 0 aromatic heterocycles. The molecule has 0 unspecified atom stereocenters. The molecule has 20 heavy (non-hydrogen) atoms. The summed E-state index contributed by atoms with van der Waals surface area (Å²) in [5, 5.41) is 0. The summed E-state index contributed by atoms with van der Waals surface area (Å²) in [6, 6.07) is 7.96. The van der Waals surface area contributed by atoms with Crippen molar-refractivity contribution in [1.82, 2.24) is 0 Å². The van der Waals surface area contributed by atoms with Crippen LogP contribution in [-0.2, 0) is 10.0 Å². The molecule has 0 aliphatic rings. The summed E-state index contributed by atoms with van der Waals surface area (Å²) in [4.78, 5) is 0.0415. The highest BCUT2D eigenvalue weighted by atomic mass is 79.9. The topological polar surface area (TPSA) is 46.2 Å². The SMILES string of the molecule is Cc1ccccc1S(=O)(=O)Nc1cc(Br)c(F)cc1F. The van der Waals surface area contributed by atoms with Gasteiger partial charge >= 0.3 is 0 Å². The van der Waals surface area contributed by atoms with Crippen molar-refractivity contribution in [3.05, 3.63) is 58.1 Å². The van der Waals surface area contributed by atoms with Gasteiger partial charge in [-0.05, 0) is 40.5 Å². The third-order valence-corrected chi connectivity index (χ3v) is 4.77. The van der Waals surface area contributed by atoms with Crippen LogP contribution in [0.5, 0.6) is 0 Å². The van der Waals surface area contributed by atoms with Gasteiger partial charge in [-0.3, -0.25) is 4.72 Å². The van der Waals surface area contributed by atoms with Gasteiger partial charge in [0.2, 0.25) is 0 Å². The third-order valence-electron chi connectivity index (χ3n) is 2.64. The first-order valence-electron chi connectivity index (χ1n) is 5.54. The van der Waals surface area contributed by atoms with Gasteiger partial charge < -0.3 is 0 Å². The summed E-state index contributed by atoms with van der Waals surface area (Å²) in [6.07, 6.45) is 0. The first-order chi connectivity index (χ1) is 9.31. The highest BCUT2D eigenvalue weighted by Gasteiger charge is 2.19. The van der Waals surface area contributed by atoms with E-state index in [4.69, 9.17) is 0 Å². The zero-order valence-corrected chi connectivity index (χ0v) is 12.7. The predicted octanol–water partition coefficient (Wildman–Crippen LogP) is 3.84. The van der Waals surface area contributed by atoms with Crippen molar-refractivity contribution >= 4 is 31.6 Å². The Morgan fingerprint density at radius 1 is 1.10 bits per heavy atom. The molecule has 106 valence electrons. The summed E-state index contributed by atoms with van der Waals surface area (Å²) in [5.74, 6) is -1.79. The maximum atomic E-state index is 13.6. The van der Waals surface area contributed by atoms with Crippen LogP contribution in [0.3, 0.4) is 0 Å². The average molecular weight is 362 g/mol. The molecule has 0 heterocycles. The van der Waals surface area contributed by atoms with Crippen molar-refractivity contribution in [1.29, 1.82) is 0 Å². The molecule has 0 radical (unpaired) electrons. The molecule has 1 N–H and O–H groups in total. The van der Waals surface area contributed by atoms with Crippen LogP contribution in [0.4, 0.5) is 14.5 Å². The summed E-state index contributed by atoms with van der Waals surface area (Å²) in [5.41, 5.74) is 0.211. The molecule has 0 fully saturated rings. The second-order valence-corrected chi connectivity index (χ2v) is 6.62. The Labute approximate surface area is 123 Å². The lowest BCUT2D eigenvalue weighted by atomic mass is 10.2. The van der Waals surface area contributed by atoms with E-state index in [-0.39, 0.29) is 15.1 Å². The van der Waals surface area contributed by atoms with Crippen molar-refractivity contribution in [2.24, 2.45) is 0 Å². The fraction of sp³-hybridized carbons (Fsp3) is 0.0769. The minimum Gasteiger partial charge on any atom is -0.277 e. The standard InChI is InChI=1S/C13H10BrF2NO2S/c1-8-4-2-3-5-13(8)20(18,19)17-12-6-9(14)10(15)7-11(12)16/h2-7,17H,1H3. The summed E-state index contributed by atoms with van der Waals surface area (Å²) >= 11 is 2.88. The molecule has 2 aromatic rings. The fourth-order valence-corrected chi connectivity index (χ4v) is 3.31. The minimum absolute atomic E-state index is 0.0265. The van der Waals surface area contributed by atoms with E-state index < -0.39 is 21.7 Å². The first kappa shape index (κ1) is 14.9. The number of hydrogen-bond donors (Lipinski definition) is 1. The molecule has 2 aromatic carbocycles. The van der Waals surface area contributed by atoms with Gasteiger partial charge in [-0.25, -0.2) is 17.2 Å². The average Bonchev–Trinajstić information content (AvgIpc) is 2.36. The molecule has 0 bridgehead atoms. The Morgan fingerprint density at radius 3 is 2.40 bits per heavy atom. The van der Waals surface area contributed by atoms with Crippen LogP contribution < -0.4 is 4.72 Å². The van der Waals surface area contributed by atoms with Gasteiger partial charge in [-0.15, -0.1) is 0 Å². The van der Waals surface area contributed by atoms with Gasteiger partial charge in [0.25, 0.3) is 10.0 Å². The van der Waals surface area contributed by atoms with Gasteiger partial charge in [0.1, 0.15) is 11.6 Å². The van der Waals surface area contributed by atoms with E-state index >= 15 is 0 Å². The van der Waals surface area contributed by atoms with Gasteiger partial charge in [-0.2, -0.15) is 0 Å². The monoisotopic (exact) mass is 361 g/mol. The molecule has 0 atom stereocenters. The molecular weight excluding hydrogens is 352 g/mol. The summed E-state index contributed by atoms with van der Waals surface area (Å²) < 4.78 is 53.2. The third kappa shape index (κ3) is 2.99. The van der Waals surface area contributed by atoms with Crippen molar-refractivity contribution in [3.8, 4) is 0 Å². The van der Waals surface area contributed by atoms with Crippen LogP contribution >= 0.6 is 15.9 Å².